The van der Waals surface area contributed by atoms with Crippen LogP contribution in [0.3, 0.4) is 0 Å². The van der Waals surface area contributed by atoms with Crippen molar-refractivity contribution in [2.45, 2.75) is 30.8 Å². The molecule has 178 valence electrons. The largest absolute Gasteiger partial charge is 0.379 e. The molecule has 0 spiro atoms. The number of rotatable bonds is 7. The quantitative estimate of drug-likeness (QED) is 0.644. The van der Waals surface area contributed by atoms with Crippen molar-refractivity contribution in [3.63, 3.8) is 0 Å². The lowest BCUT2D eigenvalue weighted by Gasteiger charge is -2.31. The van der Waals surface area contributed by atoms with E-state index in [0.29, 0.717) is 31.0 Å². The van der Waals surface area contributed by atoms with Crippen molar-refractivity contribution in [3.05, 3.63) is 64.7 Å². The van der Waals surface area contributed by atoms with E-state index in [1.807, 2.05) is 12.1 Å². The zero-order chi connectivity index (χ0) is 23.3. The first kappa shape index (κ1) is 24.2. The number of piperidine rings is 1. The standard InChI is InChI=1S/C24H30ClN3O4S/c25-22-6-8-23(9-7-22)33(30,31)28-10-2-5-21(18-28)24(29)26-16-19-3-1-4-20(15-19)17-27-11-13-32-14-12-27/h1,3-4,6-9,15,21H,2,5,10-14,16-18H2,(H,26,29). The molecule has 1 unspecified atom stereocenters. The molecular weight excluding hydrogens is 462 g/mol. The molecular formula is C24H30ClN3O4S. The van der Waals surface area contributed by atoms with Gasteiger partial charge in [0.05, 0.1) is 24.0 Å². The summed E-state index contributed by atoms with van der Waals surface area (Å²) in [6.07, 6.45) is 1.33. The van der Waals surface area contributed by atoms with Crippen LogP contribution in [0.4, 0.5) is 0 Å². The van der Waals surface area contributed by atoms with Gasteiger partial charge in [-0.2, -0.15) is 4.31 Å². The predicted molar refractivity (Wildman–Crippen MR) is 127 cm³/mol. The van der Waals surface area contributed by atoms with Crippen molar-refractivity contribution >= 4 is 27.5 Å². The average molecular weight is 492 g/mol. The zero-order valence-corrected chi connectivity index (χ0v) is 20.2. The Morgan fingerprint density at radius 2 is 1.79 bits per heavy atom. The fourth-order valence-corrected chi connectivity index (χ4v) is 5.97. The fraction of sp³-hybridized carbons (Fsp3) is 0.458. The second-order valence-electron chi connectivity index (χ2n) is 8.58. The maximum Gasteiger partial charge on any atom is 0.243 e. The van der Waals surface area contributed by atoms with Gasteiger partial charge in [0.15, 0.2) is 0 Å². The van der Waals surface area contributed by atoms with E-state index in [0.717, 1.165) is 38.4 Å². The fourth-order valence-electron chi connectivity index (χ4n) is 4.32. The van der Waals surface area contributed by atoms with Gasteiger partial charge in [-0.25, -0.2) is 8.42 Å². The third-order valence-corrected chi connectivity index (χ3v) is 8.31. The highest BCUT2D eigenvalue weighted by Crippen LogP contribution is 2.25. The molecule has 1 N–H and O–H groups in total. The van der Waals surface area contributed by atoms with Crippen LogP contribution < -0.4 is 5.32 Å². The molecule has 2 fully saturated rings. The van der Waals surface area contributed by atoms with Gasteiger partial charge in [0, 0.05) is 44.3 Å². The van der Waals surface area contributed by atoms with Crippen LogP contribution in [0.2, 0.25) is 5.02 Å². The molecule has 0 bridgehead atoms. The minimum atomic E-state index is -3.65. The molecule has 2 saturated heterocycles. The number of nitrogens with one attached hydrogen (secondary N) is 1. The number of hydrogen-bond acceptors (Lipinski definition) is 5. The average Bonchev–Trinajstić information content (AvgIpc) is 2.84. The molecule has 2 aromatic rings. The van der Waals surface area contributed by atoms with E-state index >= 15 is 0 Å². The lowest BCUT2D eigenvalue weighted by Crippen LogP contribution is -2.45. The van der Waals surface area contributed by atoms with Crippen LogP contribution in [-0.4, -0.2) is 62.9 Å². The Balaban J connectivity index is 1.33. The Labute approximate surface area is 200 Å². The highest BCUT2D eigenvalue weighted by atomic mass is 35.5. The molecule has 9 heteroatoms. The Bertz CT molecular complexity index is 1060. The van der Waals surface area contributed by atoms with E-state index in [4.69, 9.17) is 16.3 Å². The number of nitrogens with zero attached hydrogens (tertiary/aromatic N) is 2. The van der Waals surface area contributed by atoms with Crippen LogP contribution in [0.5, 0.6) is 0 Å². The van der Waals surface area contributed by atoms with E-state index < -0.39 is 10.0 Å². The van der Waals surface area contributed by atoms with E-state index in [2.05, 4.69) is 22.3 Å². The summed E-state index contributed by atoms with van der Waals surface area (Å²) < 4.78 is 32.8. The third-order valence-electron chi connectivity index (χ3n) is 6.17. The lowest BCUT2D eigenvalue weighted by molar-refractivity contribution is -0.126. The molecule has 2 aromatic carbocycles. The van der Waals surface area contributed by atoms with Gasteiger partial charge in [0.1, 0.15) is 0 Å². The van der Waals surface area contributed by atoms with E-state index in [-0.39, 0.29) is 23.3 Å². The monoisotopic (exact) mass is 491 g/mol. The lowest BCUT2D eigenvalue weighted by atomic mass is 9.98. The maximum atomic E-state index is 13.0. The van der Waals surface area contributed by atoms with Crippen LogP contribution >= 0.6 is 11.6 Å². The molecule has 2 aliphatic rings. The highest BCUT2D eigenvalue weighted by molar-refractivity contribution is 7.89. The number of sulfonamides is 1. The minimum absolute atomic E-state index is 0.107. The normalized spacial score (nSPS) is 20.5. The van der Waals surface area contributed by atoms with E-state index in [1.54, 1.807) is 12.1 Å². The van der Waals surface area contributed by atoms with Crippen LogP contribution in [0.15, 0.2) is 53.4 Å². The van der Waals surface area contributed by atoms with Gasteiger partial charge in [0.2, 0.25) is 15.9 Å². The number of ether oxygens (including phenoxy) is 1. The predicted octanol–water partition coefficient (Wildman–Crippen LogP) is 2.89. The van der Waals surface area contributed by atoms with Crippen molar-refractivity contribution in [2.24, 2.45) is 5.92 Å². The van der Waals surface area contributed by atoms with Crippen molar-refractivity contribution in [3.8, 4) is 0 Å². The smallest absolute Gasteiger partial charge is 0.243 e. The molecule has 0 saturated carbocycles. The second-order valence-corrected chi connectivity index (χ2v) is 11.0. The summed E-state index contributed by atoms with van der Waals surface area (Å²) >= 11 is 5.89. The van der Waals surface area contributed by atoms with Crippen LogP contribution in [0, 0.1) is 5.92 Å². The summed E-state index contributed by atoms with van der Waals surface area (Å²) in [6, 6.07) is 14.4. The maximum absolute atomic E-state index is 13.0. The molecule has 2 heterocycles. The van der Waals surface area contributed by atoms with Gasteiger partial charge >= 0.3 is 0 Å². The minimum Gasteiger partial charge on any atom is -0.379 e. The van der Waals surface area contributed by atoms with Crippen molar-refractivity contribution in [1.29, 1.82) is 0 Å². The van der Waals surface area contributed by atoms with Gasteiger partial charge in [0.25, 0.3) is 0 Å². The van der Waals surface area contributed by atoms with Crippen molar-refractivity contribution in [1.82, 2.24) is 14.5 Å². The second kappa shape index (κ2) is 11.0. The topological polar surface area (TPSA) is 79.0 Å². The van der Waals surface area contributed by atoms with Crippen LogP contribution in [-0.2, 0) is 32.6 Å². The van der Waals surface area contributed by atoms with Crippen molar-refractivity contribution in [2.75, 3.05) is 39.4 Å². The number of benzene rings is 2. The molecule has 1 atom stereocenters. The molecule has 7 nitrogen and oxygen atoms in total. The van der Waals surface area contributed by atoms with Gasteiger partial charge in [-0.1, -0.05) is 35.9 Å². The van der Waals surface area contributed by atoms with Crippen LogP contribution in [0.1, 0.15) is 24.0 Å². The van der Waals surface area contributed by atoms with Crippen LogP contribution in [0.25, 0.3) is 0 Å². The van der Waals surface area contributed by atoms with E-state index in [1.165, 1.54) is 22.0 Å². The summed E-state index contributed by atoms with van der Waals surface area (Å²) in [7, 11) is -3.65. The Hall–Kier alpha value is -1.97. The first-order valence-corrected chi connectivity index (χ1v) is 13.1. The Morgan fingerprint density at radius 3 is 2.55 bits per heavy atom. The number of amides is 1. The molecule has 0 aliphatic carbocycles. The zero-order valence-electron chi connectivity index (χ0n) is 18.6. The highest BCUT2D eigenvalue weighted by Gasteiger charge is 2.33. The number of hydrogen-bond donors (Lipinski definition) is 1. The summed E-state index contributed by atoms with van der Waals surface area (Å²) in [5.74, 6) is -0.470. The molecule has 0 radical (unpaired) electrons. The number of halogens is 1. The number of morpholine rings is 1. The third kappa shape index (κ3) is 6.33. The summed E-state index contributed by atoms with van der Waals surface area (Å²) in [5.41, 5.74) is 2.25. The van der Waals surface area contributed by atoms with Gasteiger partial charge in [-0.15, -0.1) is 0 Å². The molecule has 2 aliphatic heterocycles. The summed E-state index contributed by atoms with van der Waals surface area (Å²) in [5, 5.41) is 3.49. The molecule has 33 heavy (non-hydrogen) atoms. The molecule has 0 aromatic heterocycles. The van der Waals surface area contributed by atoms with Gasteiger partial charge in [-0.05, 0) is 48.2 Å². The molecule has 1 amide bonds. The first-order chi connectivity index (χ1) is 15.9. The SMILES string of the molecule is O=C(NCc1cccc(CN2CCOCC2)c1)C1CCCN(S(=O)(=O)c2ccc(Cl)cc2)C1. The number of carbonyl (C=O) groups excluding carboxylic acids is 1. The Morgan fingerprint density at radius 1 is 1.06 bits per heavy atom. The van der Waals surface area contributed by atoms with Gasteiger partial charge < -0.3 is 10.1 Å². The number of carbonyl (C=O) groups is 1. The van der Waals surface area contributed by atoms with E-state index in [9.17, 15) is 13.2 Å². The Kier molecular flexibility index (Phi) is 8.03. The summed E-state index contributed by atoms with van der Waals surface area (Å²) in [6.45, 7) is 5.29. The first-order valence-electron chi connectivity index (χ1n) is 11.3. The van der Waals surface area contributed by atoms with Crippen molar-refractivity contribution < 1.29 is 17.9 Å². The van der Waals surface area contributed by atoms with Gasteiger partial charge in [-0.3, -0.25) is 9.69 Å². The molecule has 4 rings (SSSR count). The summed E-state index contributed by atoms with van der Waals surface area (Å²) in [4.78, 5) is 15.4.